The highest BCUT2D eigenvalue weighted by Gasteiger charge is 2.21. The highest BCUT2D eigenvalue weighted by atomic mass is 79.9. The summed E-state index contributed by atoms with van der Waals surface area (Å²) in [4.78, 5) is 4.66. The molecule has 1 unspecified atom stereocenters. The van der Waals surface area contributed by atoms with Crippen LogP contribution < -0.4 is 4.90 Å². The summed E-state index contributed by atoms with van der Waals surface area (Å²) in [7, 11) is 4.29. The lowest BCUT2D eigenvalue weighted by molar-refractivity contribution is 0.248. The molecule has 96 valence electrons. The Morgan fingerprint density at radius 2 is 2.22 bits per heavy atom. The summed E-state index contributed by atoms with van der Waals surface area (Å²) in [5.74, 6) is 0. The van der Waals surface area contributed by atoms with Crippen LogP contribution in [-0.4, -0.2) is 38.1 Å². The van der Waals surface area contributed by atoms with Gasteiger partial charge in [0.15, 0.2) is 0 Å². The number of rotatable bonds is 2. The van der Waals surface area contributed by atoms with Crippen LogP contribution >= 0.6 is 15.9 Å². The van der Waals surface area contributed by atoms with Gasteiger partial charge in [0.2, 0.25) is 0 Å². The van der Waals surface area contributed by atoms with E-state index in [2.05, 4.69) is 52.0 Å². The third-order valence-corrected chi connectivity index (χ3v) is 4.02. The molecule has 0 radical (unpaired) electrons. The van der Waals surface area contributed by atoms with Crippen molar-refractivity contribution in [2.45, 2.75) is 18.9 Å². The summed E-state index contributed by atoms with van der Waals surface area (Å²) in [5, 5.41) is 9.02. The lowest BCUT2D eigenvalue weighted by Crippen LogP contribution is -2.45. The van der Waals surface area contributed by atoms with Crippen LogP contribution in [0.25, 0.3) is 0 Å². The van der Waals surface area contributed by atoms with Gasteiger partial charge in [-0.05, 0) is 44.6 Å². The van der Waals surface area contributed by atoms with Crippen molar-refractivity contribution in [1.82, 2.24) is 4.90 Å². The molecule has 1 aliphatic rings. The average Bonchev–Trinajstić information content (AvgIpc) is 2.37. The van der Waals surface area contributed by atoms with Crippen molar-refractivity contribution in [3.05, 3.63) is 28.2 Å². The molecule has 0 spiro atoms. The molecule has 0 bridgehead atoms. The van der Waals surface area contributed by atoms with E-state index in [-0.39, 0.29) is 0 Å². The maximum absolute atomic E-state index is 9.02. The van der Waals surface area contributed by atoms with Crippen LogP contribution in [0.5, 0.6) is 0 Å². The molecule has 1 aliphatic heterocycles. The Balaban J connectivity index is 2.20. The second-order valence-corrected chi connectivity index (χ2v) is 5.89. The molecule has 1 saturated heterocycles. The number of nitrogens with zero attached hydrogens (tertiary/aromatic N) is 3. The monoisotopic (exact) mass is 307 g/mol. The number of halogens is 1. The molecule has 0 saturated carbocycles. The number of likely N-dealkylation sites (N-methyl/N-ethyl adjacent to an activating group) is 2. The highest BCUT2D eigenvalue weighted by molar-refractivity contribution is 9.10. The number of piperidine rings is 1. The van der Waals surface area contributed by atoms with Crippen LogP contribution in [0.2, 0.25) is 0 Å². The Hall–Kier alpha value is -1.05. The van der Waals surface area contributed by atoms with Crippen molar-refractivity contribution in [1.29, 1.82) is 5.26 Å². The minimum absolute atomic E-state index is 0.532. The molecule has 0 N–H and O–H groups in total. The summed E-state index contributed by atoms with van der Waals surface area (Å²) in [6, 6.07) is 8.63. The maximum Gasteiger partial charge on any atom is 0.0992 e. The molecule has 1 aromatic rings. The molecule has 2 rings (SSSR count). The Kier molecular flexibility index (Phi) is 4.26. The molecule has 0 aliphatic carbocycles. The van der Waals surface area contributed by atoms with E-state index in [1.54, 1.807) is 0 Å². The minimum atomic E-state index is 0.532. The fraction of sp³-hybridized carbons (Fsp3) is 0.500. The van der Waals surface area contributed by atoms with E-state index in [0.717, 1.165) is 16.7 Å². The second kappa shape index (κ2) is 5.73. The smallest absolute Gasteiger partial charge is 0.0992 e. The van der Waals surface area contributed by atoms with Crippen molar-refractivity contribution < 1.29 is 0 Å². The van der Waals surface area contributed by atoms with E-state index in [1.807, 2.05) is 12.1 Å². The predicted molar refractivity (Wildman–Crippen MR) is 77.8 cm³/mol. The summed E-state index contributed by atoms with van der Waals surface area (Å²) in [6.45, 7) is 2.27. The first-order chi connectivity index (χ1) is 8.60. The lowest BCUT2D eigenvalue weighted by atomic mass is 10.0. The van der Waals surface area contributed by atoms with E-state index in [4.69, 9.17) is 5.26 Å². The van der Waals surface area contributed by atoms with E-state index in [9.17, 15) is 0 Å². The van der Waals surface area contributed by atoms with Crippen molar-refractivity contribution in [3.63, 3.8) is 0 Å². The molecule has 1 fully saturated rings. The fourth-order valence-corrected chi connectivity index (χ4v) is 2.99. The van der Waals surface area contributed by atoms with Crippen molar-refractivity contribution in [2.75, 3.05) is 32.1 Å². The van der Waals surface area contributed by atoms with E-state index in [0.29, 0.717) is 11.6 Å². The molecular formula is C14H18BrN3. The van der Waals surface area contributed by atoms with E-state index >= 15 is 0 Å². The van der Waals surface area contributed by atoms with Gasteiger partial charge in [0.1, 0.15) is 0 Å². The minimum Gasteiger partial charge on any atom is -0.370 e. The Morgan fingerprint density at radius 1 is 1.44 bits per heavy atom. The van der Waals surface area contributed by atoms with Gasteiger partial charge in [0, 0.05) is 29.8 Å². The quantitative estimate of drug-likeness (QED) is 0.841. The molecular weight excluding hydrogens is 290 g/mol. The third kappa shape index (κ3) is 3.04. The molecule has 4 heteroatoms. The van der Waals surface area contributed by atoms with Gasteiger partial charge in [-0.15, -0.1) is 0 Å². The summed E-state index contributed by atoms with van der Waals surface area (Å²) in [6.07, 6.45) is 2.46. The number of nitriles is 1. The van der Waals surface area contributed by atoms with E-state index < -0.39 is 0 Å². The van der Waals surface area contributed by atoms with Gasteiger partial charge >= 0.3 is 0 Å². The van der Waals surface area contributed by atoms with Crippen molar-refractivity contribution >= 4 is 21.6 Å². The standard InChI is InChI=1S/C14H18BrN3/c1-17-5-3-4-13(10-17)18(2)14-7-11(9-16)6-12(15)8-14/h6-8,13H,3-5,10H2,1-2H3. The Bertz CT molecular complexity index is 467. The van der Waals surface area contributed by atoms with Crippen LogP contribution in [0, 0.1) is 11.3 Å². The number of hydrogen-bond donors (Lipinski definition) is 0. The highest BCUT2D eigenvalue weighted by Crippen LogP contribution is 2.25. The summed E-state index contributed by atoms with van der Waals surface area (Å²) in [5.41, 5.74) is 1.82. The SMILES string of the molecule is CN1CCCC(N(C)c2cc(Br)cc(C#N)c2)C1. The fourth-order valence-electron chi connectivity index (χ4n) is 2.51. The first-order valence-corrected chi connectivity index (χ1v) is 7.01. The van der Waals surface area contributed by atoms with E-state index in [1.165, 1.54) is 19.4 Å². The van der Waals surface area contributed by atoms with Crippen LogP contribution in [0.15, 0.2) is 22.7 Å². The number of likely N-dealkylation sites (tertiary alicyclic amines) is 1. The van der Waals surface area contributed by atoms with Gasteiger partial charge in [-0.3, -0.25) is 0 Å². The van der Waals surface area contributed by atoms with Gasteiger partial charge in [0.05, 0.1) is 11.6 Å². The predicted octanol–water partition coefficient (Wildman–Crippen LogP) is 2.85. The summed E-state index contributed by atoms with van der Waals surface area (Å²) >= 11 is 3.47. The Morgan fingerprint density at radius 3 is 2.89 bits per heavy atom. The van der Waals surface area contributed by atoms with Crippen molar-refractivity contribution in [2.24, 2.45) is 0 Å². The zero-order valence-electron chi connectivity index (χ0n) is 10.9. The zero-order valence-corrected chi connectivity index (χ0v) is 12.4. The third-order valence-electron chi connectivity index (χ3n) is 3.57. The summed E-state index contributed by atoms with van der Waals surface area (Å²) < 4.78 is 0.965. The van der Waals surface area contributed by atoms with Crippen LogP contribution in [-0.2, 0) is 0 Å². The largest absolute Gasteiger partial charge is 0.370 e. The molecule has 0 amide bonds. The van der Waals surface area contributed by atoms with Gasteiger partial charge in [-0.25, -0.2) is 0 Å². The molecule has 3 nitrogen and oxygen atoms in total. The van der Waals surface area contributed by atoms with Gasteiger partial charge in [-0.2, -0.15) is 5.26 Å². The van der Waals surface area contributed by atoms with Gasteiger partial charge in [-0.1, -0.05) is 15.9 Å². The second-order valence-electron chi connectivity index (χ2n) is 4.98. The van der Waals surface area contributed by atoms with Crippen LogP contribution in [0.3, 0.4) is 0 Å². The normalized spacial score (nSPS) is 20.4. The number of benzene rings is 1. The number of anilines is 1. The molecule has 1 aromatic carbocycles. The molecule has 1 heterocycles. The van der Waals surface area contributed by atoms with Crippen molar-refractivity contribution in [3.8, 4) is 6.07 Å². The van der Waals surface area contributed by atoms with Gasteiger partial charge < -0.3 is 9.80 Å². The first-order valence-electron chi connectivity index (χ1n) is 6.22. The van der Waals surface area contributed by atoms with Crippen LogP contribution in [0.4, 0.5) is 5.69 Å². The topological polar surface area (TPSA) is 30.3 Å². The zero-order chi connectivity index (χ0) is 13.1. The lowest BCUT2D eigenvalue weighted by Gasteiger charge is -2.37. The first kappa shape index (κ1) is 13.4. The van der Waals surface area contributed by atoms with Gasteiger partial charge in [0.25, 0.3) is 0 Å². The number of hydrogen-bond acceptors (Lipinski definition) is 3. The molecule has 18 heavy (non-hydrogen) atoms. The molecule has 0 aromatic heterocycles. The maximum atomic E-state index is 9.02. The Labute approximate surface area is 117 Å². The molecule has 1 atom stereocenters. The average molecular weight is 308 g/mol. The van der Waals surface area contributed by atoms with Crippen LogP contribution in [0.1, 0.15) is 18.4 Å².